The predicted octanol–water partition coefficient (Wildman–Crippen LogP) is 5.02. The van der Waals surface area contributed by atoms with Gasteiger partial charge in [0.1, 0.15) is 5.82 Å². The minimum absolute atomic E-state index is 0.201. The first-order chi connectivity index (χ1) is 13.2. The molecule has 2 fully saturated rings. The topological polar surface area (TPSA) is 44.4 Å². The molecule has 4 nitrogen and oxygen atoms in total. The summed E-state index contributed by atoms with van der Waals surface area (Å²) < 4.78 is 13.3. The number of rotatable bonds is 4. The van der Waals surface area contributed by atoms with Gasteiger partial charge in [-0.05, 0) is 55.5 Å². The summed E-state index contributed by atoms with van der Waals surface area (Å²) in [7, 11) is 0. The maximum absolute atomic E-state index is 13.3. The Morgan fingerprint density at radius 1 is 0.926 bits per heavy atom. The van der Waals surface area contributed by atoms with E-state index >= 15 is 0 Å². The van der Waals surface area contributed by atoms with E-state index in [-0.39, 0.29) is 11.8 Å². The lowest BCUT2D eigenvalue weighted by Crippen LogP contribution is -2.46. The zero-order valence-corrected chi connectivity index (χ0v) is 15.5. The highest BCUT2D eigenvalue weighted by Crippen LogP contribution is 2.39. The molecule has 1 saturated heterocycles. The second-order valence-electron chi connectivity index (χ2n) is 7.59. The molecule has 0 atom stereocenters. The van der Waals surface area contributed by atoms with Gasteiger partial charge in [-0.15, -0.1) is 0 Å². The number of amides is 2. The normalized spacial score (nSPS) is 18.5. The van der Waals surface area contributed by atoms with Crippen molar-refractivity contribution in [1.29, 1.82) is 0 Å². The highest BCUT2D eigenvalue weighted by Gasteiger charge is 2.37. The van der Waals surface area contributed by atoms with Crippen LogP contribution in [-0.2, 0) is 5.54 Å². The van der Waals surface area contributed by atoms with Crippen LogP contribution in [0.2, 0.25) is 0 Å². The number of nitrogens with one attached hydrogen (secondary N) is 2. The number of hydrogen-bond donors (Lipinski definition) is 2. The third kappa shape index (κ3) is 3.77. The number of benzene rings is 2. The van der Waals surface area contributed by atoms with E-state index in [9.17, 15) is 9.18 Å². The van der Waals surface area contributed by atoms with Crippen LogP contribution in [0.25, 0.3) is 0 Å². The van der Waals surface area contributed by atoms with Crippen molar-refractivity contribution in [3.8, 4) is 0 Å². The SMILES string of the molecule is O=C(Nc1ccccc1N1CCCC1)NC1(c2ccc(F)cc2)CCCC1. The van der Waals surface area contributed by atoms with Crippen molar-refractivity contribution in [2.45, 2.75) is 44.1 Å². The van der Waals surface area contributed by atoms with Crippen LogP contribution in [0.15, 0.2) is 48.5 Å². The van der Waals surface area contributed by atoms with Gasteiger partial charge >= 0.3 is 6.03 Å². The van der Waals surface area contributed by atoms with Crippen LogP contribution >= 0.6 is 0 Å². The van der Waals surface area contributed by atoms with Gasteiger partial charge in [-0.3, -0.25) is 0 Å². The van der Waals surface area contributed by atoms with Crippen molar-refractivity contribution in [2.75, 3.05) is 23.3 Å². The van der Waals surface area contributed by atoms with Crippen LogP contribution < -0.4 is 15.5 Å². The summed E-state index contributed by atoms with van der Waals surface area (Å²) in [6.07, 6.45) is 6.24. The average Bonchev–Trinajstić information content (AvgIpc) is 3.35. The van der Waals surface area contributed by atoms with Gasteiger partial charge in [0.2, 0.25) is 0 Å². The number of urea groups is 1. The van der Waals surface area contributed by atoms with Gasteiger partial charge in [-0.2, -0.15) is 0 Å². The third-order valence-corrected chi connectivity index (χ3v) is 5.81. The molecule has 1 saturated carbocycles. The summed E-state index contributed by atoms with van der Waals surface area (Å²) >= 11 is 0. The van der Waals surface area contributed by atoms with E-state index in [1.807, 2.05) is 18.2 Å². The second kappa shape index (κ2) is 7.59. The molecule has 0 bridgehead atoms. The zero-order valence-electron chi connectivity index (χ0n) is 15.5. The van der Waals surface area contributed by atoms with Crippen LogP contribution in [-0.4, -0.2) is 19.1 Å². The van der Waals surface area contributed by atoms with E-state index in [2.05, 4.69) is 21.6 Å². The van der Waals surface area contributed by atoms with Crippen LogP contribution in [0.3, 0.4) is 0 Å². The monoisotopic (exact) mass is 367 g/mol. The minimum atomic E-state index is -0.416. The Morgan fingerprint density at radius 3 is 2.30 bits per heavy atom. The van der Waals surface area contributed by atoms with Crippen LogP contribution in [0.5, 0.6) is 0 Å². The van der Waals surface area contributed by atoms with E-state index in [1.54, 1.807) is 12.1 Å². The lowest BCUT2D eigenvalue weighted by molar-refractivity contribution is 0.236. The molecule has 2 aromatic rings. The Hall–Kier alpha value is -2.56. The van der Waals surface area contributed by atoms with Crippen molar-refractivity contribution in [2.24, 2.45) is 0 Å². The molecule has 0 spiro atoms. The number of anilines is 2. The van der Waals surface area contributed by atoms with Gasteiger partial charge < -0.3 is 15.5 Å². The molecule has 2 N–H and O–H groups in total. The molecular formula is C22H26FN3O. The fourth-order valence-corrected chi connectivity index (χ4v) is 4.42. The molecule has 1 aliphatic carbocycles. The Morgan fingerprint density at radius 2 is 1.59 bits per heavy atom. The molecule has 0 aromatic heterocycles. The van der Waals surface area contributed by atoms with Crippen LogP contribution in [0, 0.1) is 5.82 Å². The van der Waals surface area contributed by atoms with Gasteiger partial charge in [0, 0.05) is 13.1 Å². The smallest absolute Gasteiger partial charge is 0.319 e. The summed E-state index contributed by atoms with van der Waals surface area (Å²) in [5.41, 5.74) is 2.47. The maximum Gasteiger partial charge on any atom is 0.319 e. The van der Waals surface area contributed by atoms with Gasteiger partial charge in [0.25, 0.3) is 0 Å². The lowest BCUT2D eigenvalue weighted by atomic mass is 9.88. The first-order valence-corrected chi connectivity index (χ1v) is 9.85. The van der Waals surface area contributed by atoms with Crippen molar-refractivity contribution in [1.82, 2.24) is 5.32 Å². The molecule has 0 radical (unpaired) electrons. The van der Waals surface area contributed by atoms with Gasteiger partial charge in [0.15, 0.2) is 0 Å². The molecule has 2 aromatic carbocycles. The molecule has 142 valence electrons. The number of halogens is 1. The summed E-state index contributed by atoms with van der Waals surface area (Å²) in [6, 6.07) is 14.3. The number of nitrogens with zero attached hydrogens (tertiary/aromatic N) is 1. The molecule has 2 aliphatic rings. The average molecular weight is 367 g/mol. The zero-order chi connectivity index (χ0) is 18.7. The molecule has 4 rings (SSSR count). The van der Waals surface area contributed by atoms with E-state index in [0.29, 0.717) is 0 Å². The van der Waals surface area contributed by atoms with E-state index < -0.39 is 5.54 Å². The molecule has 0 unspecified atom stereocenters. The van der Waals surface area contributed by atoms with E-state index in [1.165, 1.54) is 25.0 Å². The highest BCUT2D eigenvalue weighted by atomic mass is 19.1. The van der Waals surface area contributed by atoms with Crippen molar-refractivity contribution < 1.29 is 9.18 Å². The first-order valence-electron chi connectivity index (χ1n) is 9.85. The molecule has 1 heterocycles. The van der Waals surface area contributed by atoms with Crippen LogP contribution in [0.4, 0.5) is 20.6 Å². The minimum Gasteiger partial charge on any atom is -0.370 e. The largest absolute Gasteiger partial charge is 0.370 e. The van der Waals surface area contributed by atoms with Gasteiger partial charge in [-0.1, -0.05) is 37.1 Å². The number of carbonyl (C=O) groups is 1. The van der Waals surface area contributed by atoms with Crippen molar-refractivity contribution in [3.63, 3.8) is 0 Å². The number of carbonyl (C=O) groups excluding carboxylic acids is 1. The lowest BCUT2D eigenvalue weighted by Gasteiger charge is -2.31. The summed E-state index contributed by atoms with van der Waals surface area (Å²) in [5, 5.41) is 6.26. The Labute approximate surface area is 159 Å². The van der Waals surface area contributed by atoms with Gasteiger partial charge in [-0.25, -0.2) is 9.18 Å². The summed E-state index contributed by atoms with van der Waals surface area (Å²) in [6.45, 7) is 2.06. The molecule has 1 aliphatic heterocycles. The number of para-hydroxylation sites is 2. The number of hydrogen-bond acceptors (Lipinski definition) is 2. The van der Waals surface area contributed by atoms with Crippen LogP contribution in [0.1, 0.15) is 44.1 Å². The van der Waals surface area contributed by atoms with E-state index in [0.717, 1.165) is 55.7 Å². The highest BCUT2D eigenvalue weighted by molar-refractivity contribution is 5.93. The van der Waals surface area contributed by atoms with Crippen molar-refractivity contribution in [3.05, 3.63) is 59.9 Å². The molecule has 2 amide bonds. The molecule has 5 heteroatoms. The van der Waals surface area contributed by atoms with E-state index in [4.69, 9.17) is 0 Å². The fourth-order valence-electron chi connectivity index (χ4n) is 4.42. The Balaban J connectivity index is 1.52. The summed E-state index contributed by atoms with van der Waals surface area (Å²) in [5.74, 6) is -0.254. The Kier molecular flexibility index (Phi) is 5.01. The Bertz CT molecular complexity index is 793. The maximum atomic E-state index is 13.3. The first kappa shape index (κ1) is 17.8. The molecule has 27 heavy (non-hydrogen) atoms. The quantitative estimate of drug-likeness (QED) is 0.797. The third-order valence-electron chi connectivity index (χ3n) is 5.81. The summed E-state index contributed by atoms with van der Waals surface area (Å²) in [4.78, 5) is 15.2. The van der Waals surface area contributed by atoms with Crippen molar-refractivity contribution >= 4 is 17.4 Å². The second-order valence-corrected chi connectivity index (χ2v) is 7.59. The fraction of sp³-hybridized carbons (Fsp3) is 0.409. The molecular weight excluding hydrogens is 341 g/mol. The predicted molar refractivity (Wildman–Crippen MR) is 107 cm³/mol. The van der Waals surface area contributed by atoms with Gasteiger partial charge in [0.05, 0.1) is 16.9 Å². The standard InChI is InChI=1S/C22H26FN3O/c23-18-11-9-17(10-12-18)22(13-3-4-14-22)25-21(27)24-19-7-1-2-8-20(19)26-15-5-6-16-26/h1-2,7-12H,3-6,13-16H2,(H2,24,25,27).